The molecule has 1 fully saturated rings. The summed E-state index contributed by atoms with van der Waals surface area (Å²) in [6.45, 7) is 2.69. The molecule has 138 valence electrons. The summed E-state index contributed by atoms with van der Waals surface area (Å²) in [4.78, 5) is 23.8. The van der Waals surface area contributed by atoms with E-state index in [1.165, 1.54) is 0 Å². The Balaban J connectivity index is 1.64. The van der Waals surface area contributed by atoms with Crippen LogP contribution in [0.25, 0.3) is 11.4 Å². The number of carbonyl (C=O) groups excluding carboxylic acids is 1. The van der Waals surface area contributed by atoms with Crippen LogP contribution >= 0.6 is 0 Å². The molecule has 1 atom stereocenters. The van der Waals surface area contributed by atoms with Gasteiger partial charge in [-0.3, -0.25) is 9.78 Å². The van der Waals surface area contributed by atoms with Gasteiger partial charge in [-0.15, -0.1) is 0 Å². The molecule has 1 amide bonds. The van der Waals surface area contributed by atoms with Crippen LogP contribution in [0.5, 0.6) is 0 Å². The van der Waals surface area contributed by atoms with Crippen LogP contribution in [0.15, 0.2) is 53.3 Å². The third-order valence-electron chi connectivity index (χ3n) is 4.93. The first-order valence-electron chi connectivity index (χ1n) is 9.34. The molecule has 1 unspecified atom stereocenters. The molecular formula is C21H22N4O2. The number of pyridine rings is 1. The van der Waals surface area contributed by atoms with Crippen molar-refractivity contribution >= 4 is 5.91 Å². The molecule has 1 aliphatic heterocycles. The molecule has 1 saturated heterocycles. The van der Waals surface area contributed by atoms with Crippen LogP contribution in [0.3, 0.4) is 0 Å². The van der Waals surface area contributed by atoms with E-state index in [1.807, 2.05) is 48.2 Å². The van der Waals surface area contributed by atoms with Crippen LogP contribution in [0, 0.1) is 6.92 Å². The molecule has 2 aromatic heterocycles. The molecule has 0 bridgehead atoms. The third kappa shape index (κ3) is 3.74. The van der Waals surface area contributed by atoms with E-state index in [4.69, 9.17) is 4.52 Å². The molecule has 6 heteroatoms. The second kappa shape index (κ2) is 7.70. The van der Waals surface area contributed by atoms with Gasteiger partial charge in [-0.1, -0.05) is 35.7 Å². The summed E-state index contributed by atoms with van der Waals surface area (Å²) in [6.07, 6.45) is 7.35. The standard InChI is InChI=1S/C21H22N4O2/c1-15-7-5-8-16(13-15)21(26)25-12-4-2-3-10-18(25)20-23-19(24-27-20)17-9-6-11-22-14-17/h5-9,11,13-14,18H,2-4,10,12H2,1H3. The maximum Gasteiger partial charge on any atom is 0.254 e. The van der Waals surface area contributed by atoms with Gasteiger partial charge in [0.05, 0.1) is 0 Å². The summed E-state index contributed by atoms with van der Waals surface area (Å²) in [5.41, 5.74) is 2.58. The fourth-order valence-corrected chi connectivity index (χ4v) is 3.53. The summed E-state index contributed by atoms with van der Waals surface area (Å²) in [5, 5.41) is 4.11. The predicted octanol–water partition coefficient (Wildman–Crippen LogP) is 4.20. The Kier molecular flexibility index (Phi) is 4.96. The van der Waals surface area contributed by atoms with Crippen molar-refractivity contribution in [3.05, 3.63) is 65.8 Å². The molecule has 1 aromatic carbocycles. The zero-order chi connectivity index (χ0) is 18.6. The molecule has 0 N–H and O–H groups in total. The first kappa shape index (κ1) is 17.4. The Morgan fingerprint density at radius 2 is 2.11 bits per heavy atom. The van der Waals surface area contributed by atoms with Crippen molar-refractivity contribution in [3.8, 4) is 11.4 Å². The van der Waals surface area contributed by atoms with E-state index < -0.39 is 0 Å². The van der Waals surface area contributed by atoms with Crippen molar-refractivity contribution in [2.24, 2.45) is 0 Å². The number of benzene rings is 1. The average Bonchev–Trinajstić information content (AvgIpc) is 3.06. The lowest BCUT2D eigenvalue weighted by Crippen LogP contribution is -2.35. The highest BCUT2D eigenvalue weighted by Crippen LogP contribution is 2.31. The fourth-order valence-electron chi connectivity index (χ4n) is 3.53. The van der Waals surface area contributed by atoms with Crippen molar-refractivity contribution in [1.82, 2.24) is 20.0 Å². The topological polar surface area (TPSA) is 72.1 Å². The smallest absolute Gasteiger partial charge is 0.254 e. The monoisotopic (exact) mass is 362 g/mol. The van der Waals surface area contributed by atoms with E-state index in [0.717, 1.165) is 36.8 Å². The summed E-state index contributed by atoms with van der Waals surface area (Å²) >= 11 is 0. The Morgan fingerprint density at radius 1 is 1.19 bits per heavy atom. The first-order chi connectivity index (χ1) is 13.2. The van der Waals surface area contributed by atoms with Crippen LogP contribution in [0.2, 0.25) is 0 Å². The number of hydrogen-bond donors (Lipinski definition) is 0. The van der Waals surface area contributed by atoms with E-state index in [0.29, 0.717) is 23.8 Å². The maximum atomic E-state index is 13.2. The van der Waals surface area contributed by atoms with Crippen molar-refractivity contribution < 1.29 is 9.32 Å². The molecular weight excluding hydrogens is 340 g/mol. The number of aromatic nitrogens is 3. The minimum Gasteiger partial charge on any atom is -0.337 e. The van der Waals surface area contributed by atoms with Crippen molar-refractivity contribution in [3.63, 3.8) is 0 Å². The highest BCUT2D eigenvalue weighted by atomic mass is 16.5. The molecule has 1 aliphatic rings. The Labute approximate surface area is 158 Å². The third-order valence-corrected chi connectivity index (χ3v) is 4.93. The second-order valence-electron chi connectivity index (χ2n) is 6.93. The lowest BCUT2D eigenvalue weighted by atomic mass is 10.1. The number of hydrogen-bond acceptors (Lipinski definition) is 5. The van der Waals surface area contributed by atoms with Crippen molar-refractivity contribution in [1.29, 1.82) is 0 Å². The fraction of sp³-hybridized carbons (Fsp3) is 0.333. The largest absolute Gasteiger partial charge is 0.337 e. The van der Waals surface area contributed by atoms with Gasteiger partial charge in [0.2, 0.25) is 11.7 Å². The molecule has 6 nitrogen and oxygen atoms in total. The van der Waals surface area contributed by atoms with Gasteiger partial charge in [-0.05, 0) is 44.0 Å². The van der Waals surface area contributed by atoms with Crippen LogP contribution in [-0.2, 0) is 0 Å². The highest BCUT2D eigenvalue weighted by Gasteiger charge is 2.31. The number of nitrogens with zero attached hydrogens (tertiary/aromatic N) is 4. The van der Waals surface area contributed by atoms with Crippen LogP contribution in [0.1, 0.15) is 53.5 Å². The van der Waals surface area contributed by atoms with Gasteiger partial charge in [0.1, 0.15) is 6.04 Å². The van der Waals surface area contributed by atoms with Gasteiger partial charge in [-0.25, -0.2) is 0 Å². The summed E-state index contributed by atoms with van der Waals surface area (Å²) in [7, 11) is 0. The Bertz CT molecular complexity index is 923. The summed E-state index contributed by atoms with van der Waals surface area (Å²) in [6, 6.07) is 11.2. The number of aryl methyl sites for hydroxylation is 1. The number of amides is 1. The molecule has 0 spiro atoms. The van der Waals surface area contributed by atoms with E-state index in [2.05, 4.69) is 15.1 Å². The zero-order valence-corrected chi connectivity index (χ0v) is 15.3. The molecule has 4 rings (SSSR count). The molecule has 0 aliphatic carbocycles. The minimum atomic E-state index is -0.196. The van der Waals surface area contributed by atoms with Gasteiger partial charge in [0, 0.05) is 30.1 Å². The van der Waals surface area contributed by atoms with Crippen LogP contribution < -0.4 is 0 Å². The van der Waals surface area contributed by atoms with Crippen LogP contribution in [0.4, 0.5) is 0 Å². The second-order valence-corrected chi connectivity index (χ2v) is 6.93. The highest BCUT2D eigenvalue weighted by molar-refractivity contribution is 5.94. The van der Waals surface area contributed by atoms with Crippen LogP contribution in [-0.4, -0.2) is 32.5 Å². The quantitative estimate of drug-likeness (QED) is 0.698. The van der Waals surface area contributed by atoms with Gasteiger partial charge in [0.15, 0.2) is 0 Å². The molecule has 3 aromatic rings. The predicted molar refractivity (Wildman–Crippen MR) is 101 cm³/mol. The van der Waals surface area contributed by atoms with Gasteiger partial charge in [-0.2, -0.15) is 4.98 Å². The number of carbonyl (C=O) groups is 1. The van der Waals surface area contributed by atoms with Crippen molar-refractivity contribution in [2.75, 3.05) is 6.54 Å². The molecule has 3 heterocycles. The SMILES string of the molecule is Cc1cccc(C(=O)N2CCCCCC2c2nc(-c3cccnc3)no2)c1. The van der Waals surface area contributed by atoms with E-state index in [9.17, 15) is 4.79 Å². The average molecular weight is 362 g/mol. The normalized spacial score (nSPS) is 17.5. The van der Waals surface area contributed by atoms with Gasteiger partial charge in [0.25, 0.3) is 5.91 Å². The van der Waals surface area contributed by atoms with Gasteiger partial charge < -0.3 is 9.42 Å². The maximum absolute atomic E-state index is 13.2. The van der Waals surface area contributed by atoms with E-state index >= 15 is 0 Å². The number of likely N-dealkylation sites (tertiary alicyclic amines) is 1. The molecule has 27 heavy (non-hydrogen) atoms. The summed E-state index contributed by atoms with van der Waals surface area (Å²) < 4.78 is 5.57. The molecule has 0 radical (unpaired) electrons. The van der Waals surface area contributed by atoms with E-state index in [1.54, 1.807) is 12.4 Å². The van der Waals surface area contributed by atoms with Crippen molar-refractivity contribution in [2.45, 2.75) is 38.6 Å². The minimum absolute atomic E-state index is 0.0201. The first-order valence-corrected chi connectivity index (χ1v) is 9.34. The Morgan fingerprint density at radius 3 is 2.93 bits per heavy atom. The van der Waals surface area contributed by atoms with Gasteiger partial charge >= 0.3 is 0 Å². The van der Waals surface area contributed by atoms with E-state index in [-0.39, 0.29) is 11.9 Å². The lowest BCUT2D eigenvalue weighted by molar-refractivity contribution is 0.0644. The molecule has 0 saturated carbocycles. The Hall–Kier alpha value is -3.02. The number of rotatable bonds is 3. The zero-order valence-electron chi connectivity index (χ0n) is 15.3. The summed E-state index contributed by atoms with van der Waals surface area (Å²) in [5.74, 6) is 1.02. The lowest BCUT2D eigenvalue weighted by Gasteiger charge is -2.27.